The van der Waals surface area contributed by atoms with Crippen molar-refractivity contribution >= 4 is 17.4 Å². The average molecular weight is 330 g/mol. The SMILES string of the molecule is CC(=O)c1cccc(N2CCN(C(=O)CCCCC(C)C)CC2)c1. The molecule has 1 saturated heterocycles. The van der Waals surface area contributed by atoms with E-state index in [1.807, 2.05) is 29.2 Å². The van der Waals surface area contributed by atoms with Crippen molar-refractivity contribution < 1.29 is 9.59 Å². The molecule has 4 heteroatoms. The Hall–Kier alpha value is -1.84. The molecule has 1 aromatic carbocycles. The van der Waals surface area contributed by atoms with Gasteiger partial charge >= 0.3 is 0 Å². The molecular weight excluding hydrogens is 300 g/mol. The molecule has 0 unspecified atom stereocenters. The van der Waals surface area contributed by atoms with E-state index in [2.05, 4.69) is 18.7 Å². The predicted molar refractivity (Wildman–Crippen MR) is 98.5 cm³/mol. The van der Waals surface area contributed by atoms with Crippen LogP contribution in [0.2, 0.25) is 0 Å². The van der Waals surface area contributed by atoms with Gasteiger partial charge in [-0.3, -0.25) is 9.59 Å². The van der Waals surface area contributed by atoms with Crippen molar-refractivity contribution in [3.8, 4) is 0 Å². The molecule has 1 aliphatic heterocycles. The third-order valence-corrected chi connectivity index (χ3v) is 4.67. The van der Waals surface area contributed by atoms with Crippen molar-refractivity contribution in [1.82, 2.24) is 4.90 Å². The molecule has 0 bridgehead atoms. The van der Waals surface area contributed by atoms with E-state index in [1.54, 1.807) is 6.92 Å². The Bertz CT molecular complexity index is 561. The van der Waals surface area contributed by atoms with Gasteiger partial charge in [-0.25, -0.2) is 0 Å². The summed E-state index contributed by atoms with van der Waals surface area (Å²) in [6, 6.07) is 7.77. The van der Waals surface area contributed by atoms with Gasteiger partial charge in [-0.2, -0.15) is 0 Å². The van der Waals surface area contributed by atoms with Crippen molar-refractivity contribution in [3.63, 3.8) is 0 Å². The molecule has 0 N–H and O–H groups in total. The van der Waals surface area contributed by atoms with Crippen molar-refractivity contribution in [2.75, 3.05) is 31.1 Å². The summed E-state index contributed by atoms with van der Waals surface area (Å²) in [5, 5.41) is 0. The first kappa shape index (κ1) is 18.5. The fourth-order valence-electron chi connectivity index (χ4n) is 3.12. The number of benzene rings is 1. The third kappa shape index (κ3) is 5.36. The summed E-state index contributed by atoms with van der Waals surface area (Å²) >= 11 is 0. The molecule has 0 radical (unpaired) electrons. The molecule has 1 fully saturated rings. The van der Waals surface area contributed by atoms with Gasteiger partial charge in [0.1, 0.15) is 0 Å². The van der Waals surface area contributed by atoms with Crippen LogP contribution in [0.3, 0.4) is 0 Å². The van der Waals surface area contributed by atoms with Gasteiger partial charge in [-0.05, 0) is 31.4 Å². The van der Waals surface area contributed by atoms with E-state index in [9.17, 15) is 9.59 Å². The minimum absolute atomic E-state index is 0.0899. The number of amides is 1. The highest BCUT2D eigenvalue weighted by atomic mass is 16.2. The van der Waals surface area contributed by atoms with Crippen molar-refractivity contribution in [2.24, 2.45) is 5.92 Å². The topological polar surface area (TPSA) is 40.6 Å². The first-order chi connectivity index (χ1) is 11.5. The van der Waals surface area contributed by atoms with Gasteiger partial charge in [0.15, 0.2) is 5.78 Å². The molecule has 2 rings (SSSR count). The number of rotatable bonds is 7. The van der Waals surface area contributed by atoms with Crippen LogP contribution in [-0.4, -0.2) is 42.8 Å². The van der Waals surface area contributed by atoms with Crippen LogP contribution in [-0.2, 0) is 4.79 Å². The lowest BCUT2D eigenvalue weighted by atomic mass is 10.0. The first-order valence-corrected chi connectivity index (χ1v) is 9.11. The quantitative estimate of drug-likeness (QED) is 0.565. The van der Waals surface area contributed by atoms with E-state index < -0.39 is 0 Å². The number of piperazine rings is 1. The molecule has 0 atom stereocenters. The van der Waals surface area contributed by atoms with Crippen LogP contribution >= 0.6 is 0 Å². The van der Waals surface area contributed by atoms with Gasteiger partial charge in [-0.15, -0.1) is 0 Å². The fourth-order valence-corrected chi connectivity index (χ4v) is 3.12. The molecule has 4 nitrogen and oxygen atoms in total. The maximum Gasteiger partial charge on any atom is 0.222 e. The number of carbonyl (C=O) groups excluding carboxylic acids is 2. The molecule has 0 aliphatic carbocycles. The lowest BCUT2D eigenvalue weighted by Gasteiger charge is -2.36. The first-order valence-electron chi connectivity index (χ1n) is 9.11. The lowest BCUT2D eigenvalue weighted by Crippen LogP contribution is -2.48. The van der Waals surface area contributed by atoms with E-state index in [1.165, 1.54) is 6.42 Å². The highest BCUT2D eigenvalue weighted by Crippen LogP contribution is 2.19. The second-order valence-corrected chi connectivity index (χ2v) is 7.11. The summed E-state index contributed by atoms with van der Waals surface area (Å²) in [7, 11) is 0. The molecule has 0 aromatic heterocycles. The number of anilines is 1. The molecule has 1 amide bonds. The number of hydrogen-bond acceptors (Lipinski definition) is 3. The Morgan fingerprint density at radius 1 is 1.08 bits per heavy atom. The molecular formula is C20H30N2O2. The number of carbonyl (C=O) groups is 2. The van der Waals surface area contributed by atoms with Crippen LogP contribution in [0.5, 0.6) is 0 Å². The number of hydrogen-bond donors (Lipinski definition) is 0. The summed E-state index contributed by atoms with van der Waals surface area (Å²) in [5.74, 6) is 1.09. The van der Waals surface area contributed by atoms with Crippen LogP contribution in [0.4, 0.5) is 5.69 Å². The van der Waals surface area contributed by atoms with Crippen molar-refractivity contribution in [2.45, 2.75) is 46.5 Å². The minimum Gasteiger partial charge on any atom is -0.368 e. The highest BCUT2D eigenvalue weighted by Gasteiger charge is 2.21. The average Bonchev–Trinajstić information content (AvgIpc) is 2.58. The largest absolute Gasteiger partial charge is 0.368 e. The van der Waals surface area contributed by atoms with Gasteiger partial charge in [0.05, 0.1) is 0 Å². The molecule has 1 aromatic rings. The van der Waals surface area contributed by atoms with Gasteiger partial charge in [0.2, 0.25) is 5.91 Å². The summed E-state index contributed by atoms with van der Waals surface area (Å²) in [5.41, 5.74) is 1.82. The van der Waals surface area contributed by atoms with Gasteiger partial charge in [-0.1, -0.05) is 38.8 Å². The van der Waals surface area contributed by atoms with Gasteiger partial charge < -0.3 is 9.80 Å². The molecule has 24 heavy (non-hydrogen) atoms. The van der Waals surface area contributed by atoms with E-state index >= 15 is 0 Å². The fraction of sp³-hybridized carbons (Fsp3) is 0.600. The number of ketones is 1. The van der Waals surface area contributed by atoms with Crippen LogP contribution in [0.1, 0.15) is 56.8 Å². The molecule has 0 spiro atoms. The smallest absolute Gasteiger partial charge is 0.222 e. The van der Waals surface area contributed by atoms with E-state index in [4.69, 9.17) is 0 Å². The zero-order valence-electron chi connectivity index (χ0n) is 15.3. The predicted octanol–water partition coefficient (Wildman–Crippen LogP) is 3.75. The summed E-state index contributed by atoms with van der Waals surface area (Å²) in [4.78, 5) is 28.1. The van der Waals surface area contributed by atoms with Crippen LogP contribution in [0.15, 0.2) is 24.3 Å². The minimum atomic E-state index is 0.0899. The summed E-state index contributed by atoms with van der Waals surface area (Å²) in [6.45, 7) is 9.25. The Kier molecular flexibility index (Phi) is 6.83. The zero-order chi connectivity index (χ0) is 17.5. The maximum atomic E-state index is 12.3. The van der Waals surface area contributed by atoms with Crippen molar-refractivity contribution in [1.29, 1.82) is 0 Å². The number of nitrogens with zero attached hydrogens (tertiary/aromatic N) is 2. The third-order valence-electron chi connectivity index (χ3n) is 4.67. The Morgan fingerprint density at radius 2 is 1.79 bits per heavy atom. The highest BCUT2D eigenvalue weighted by molar-refractivity contribution is 5.95. The normalized spacial score (nSPS) is 15.0. The second-order valence-electron chi connectivity index (χ2n) is 7.11. The van der Waals surface area contributed by atoms with E-state index in [0.717, 1.165) is 56.2 Å². The molecule has 1 heterocycles. The van der Waals surface area contributed by atoms with Crippen LogP contribution < -0.4 is 4.90 Å². The number of Topliss-reactive ketones (excluding diaryl/α,β-unsaturated/α-hetero) is 1. The Labute approximate surface area is 145 Å². The van der Waals surface area contributed by atoms with Crippen LogP contribution in [0, 0.1) is 5.92 Å². The van der Waals surface area contributed by atoms with Gasteiger partial charge in [0.25, 0.3) is 0 Å². The molecule has 0 saturated carbocycles. The molecule has 132 valence electrons. The monoisotopic (exact) mass is 330 g/mol. The summed E-state index contributed by atoms with van der Waals surface area (Å²) < 4.78 is 0. The standard InChI is InChI=1S/C20H30N2O2/c1-16(2)7-4-5-10-20(24)22-13-11-21(12-14-22)19-9-6-8-18(15-19)17(3)23/h6,8-9,15-16H,4-5,7,10-14H2,1-3H3. The van der Waals surface area contributed by atoms with E-state index in [-0.39, 0.29) is 11.7 Å². The Balaban J connectivity index is 1.79. The Morgan fingerprint density at radius 3 is 2.42 bits per heavy atom. The van der Waals surface area contributed by atoms with E-state index in [0.29, 0.717) is 6.42 Å². The lowest BCUT2D eigenvalue weighted by molar-refractivity contribution is -0.131. The maximum absolute atomic E-state index is 12.3. The number of unbranched alkanes of at least 4 members (excludes halogenated alkanes) is 1. The molecule has 1 aliphatic rings. The van der Waals surface area contributed by atoms with Crippen LogP contribution in [0.25, 0.3) is 0 Å². The summed E-state index contributed by atoms with van der Waals surface area (Å²) in [6.07, 6.45) is 4.01. The zero-order valence-corrected chi connectivity index (χ0v) is 15.3. The second kappa shape index (κ2) is 8.86. The van der Waals surface area contributed by atoms with Crippen molar-refractivity contribution in [3.05, 3.63) is 29.8 Å². The van der Waals surface area contributed by atoms with Gasteiger partial charge in [0, 0.05) is 43.9 Å².